The molecule has 0 radical (unpaired) electrons. The van der Waals surface area contributed by atoms with E-state index in [2.05, 4.69) is 5.32 Å². The summed E-state index contributed by atoms with van der Waals surface area (Å²) in [6.07, 6.45) is 2.03. The second-order valence-electron chi connectivity index (χ2n) is 8.01. The van der Waals surface area contributed by atoms with Crippen LogP contribution in [-0.4, -0.2) is 42.5 Å². The van der Waals surface area contributed by atoms with Gasteiger partial charge in [0.25, 0.3) is 0 Å². The van der Waals surface area contributed by atoms with Crippen LogP contribution in [0.2, 0.25) is 0 Å². The molecule has 0 aromatic heterocycles. The number of nitrogens with one attached hydrogen (secondary N) is 1. The zero-order chi connectivity index (χ0) is 24.9. The molecule has 0 bridgehead atoms. The molecule has 2 rings (SSSR count). The summed E-state index contributed by atoms with van der Waals surface area (Å²) in [5.41, 5.74) is 1.72. The topological polar surface area (TPSA) is 67.9 Å². The van der Waals surface area contributed by atoms with E-state index in [4.69, 9.17) is 9.47 Å². The quantitative estimate of drug-likeness (QED) is 0.425. The minimum atomic E-state index is -0.594. The highest BCUT2D eigenvalue weighted by molar-refractivity contribution is 5.87. The first-order valence-corrected chi connectivity index (χ1v) is 12.1. The molecule has 6 nitrogen and oxygen atoms in total. The molecule has 2 aromatic rings. The van der Waals surface area contributed by atoms with E-state index in [-0.39, 0.29) is 30.6 Å². The first-order chi connectivity index (χ1) is 16.4. The van der Waals surface area contributed by atoms with Gasteiger partial charge >= 0.3 is 0 Å². The normalized spacial score (nSPS) is 11.6. The van der Waals surface area contributed by atoms with Crippen molar-refractivity contribution in [3.8, 4) is 11.5 Å². The maximum Gasteiger partial charge on any atom is 0.242 e. The summed E-state index contributed by atoms with van der Waals surface area (Å²) < 4.78 is 24.7. The molecule has 0 aliphatic carbocycles. The molecule has 0 fully saturated rings. The maximum atomic E-state index is 13.4. The van der Waals surface area contributed by atoms with E-state index < -0.39 is 6.04 Å². The highest BCUT2D eigenvalue weighted by atomic mass is 19.1. The smallest absolute Gasteiger partial charge is 0.242 e. The third-order valence-electron chi connectivity index (χ3n) is 5.44. The Morgan fingerprint density at radius 3 is 2.21 bits per heavy atom. The fourth-order valence-electron chi connectivity index (χ4n) is 3.72. The summed E-state index contributed by atoms with van der Waals surface area (Å²) in [4.78, 5) is 27.8. The molecule has 7 heteroatoms. The Morgan fingerprint density at radius 1 is 0.941 bits per heavy atom. The summed E-state index contributed by atoms with van der Waals surface area (Å²) in [6, 6.07) is 11.1. The Kier molecular flexibility index (Phi) is 11.4. The molecule has 0 unspecified atom stereocenters. The molecule has 0 saturated carbocycles. The van der Waals surface area contributed by atoms with Crippen molar-refractivity contribution in [2.24, 2.45) is 0 Å². The van der Waals surface area contributed by atoms with Crippen LogP contribution < -0.4 is 14.8 Å². The van der Waals surface area contributed by atoms with Crippen LogP contribution in [0.4, 0.5) is 4.39 Å². The van der Waals surface area contributed by atoms with E-state index in [1.807, 2.05) is 45.9 Å². The standard InChI is InChI=1S/C27H37FN2O4/c1-5-17-29-27(32)23(6-2)30(19-21-9-13-22(28)14-10-21)26(31)16-12-20-11-15-24(33-7-3)25(18-20)34-8-4/h9-11,13-15,18,23H,5-8,12,16-17,19H2,1-4H3,(H,29,32)/t23-/m0/s1. The van der Waals surface area contributed by atoms with Crippen LogP contribution in [0.25, 0.3) is 0 Å². The van der Waals surface area contributed by atoms with E-state index in [1.165, 1.54) is 12.1 Å². The number of carbonyl (C=O) groups excluding carboxylic acids is 2. The summed E-state index contributed by atoms with van der Waals surface area (Å²) in [7, 11) is 0. The van der Waals surface area contributed by atoms with Crippen LogP contribution >= 0.6 is 0 Å². The van der Waals surface area contributed by atoms with Crippen molar-refractivity contribution in [2.45, 2.75) is 66.0 Å². The minimum Gasteiger partial charge on any atom is -0.490 e. The van der Waals surface area contributed by atoms with Crippen LogP contribution in [0.5, 0.6) is 11.5 Å². The molecule has 0 aliphatic heterocycles. The van der Waals surface area contributed by atoms with Crippen LogP contribution in [0.15, 0.2) is 42.5 Å². The lowest BCUT2D eigenvalue weighted by atomic mass is 10.1. The predicted molar refractivity (Wildman–Crippen MR) is 131 cm³/mol. The Morgan fingerprint density at radius 2 is 1.59 bits per heavy atom. The van der Waals surface area contributed by atoms with Crippen molar-refractivity contribution in [3.05, 3.63) is 59.4 Å². The van der Waals surface area contributed by atoms with Crippen LogP contribution in [-0.2, 0) is 22.6 Å². The maximum absolute atomic E-state index is 13.4. The largest absolute Gasteiger partial charge is 0.490 e. The molecule has 34 heavy (non-hydrogen) atoms. The second-order valence-corrected chi connectivity index (χ2v) is 8.01. The molecule has 0 spiro atoms. The molecule has 2 aromatic carbocycles. The van der Waals surface area contributed by atoms with E-state index in [1.54, 1.807) is 17.0 Å². The molecule has 1 N–H and O–H groups in total. The molecular weight excluding hydrogens is 435 g/mol. The molecule has 2 amide bonds. The SMILES string of the molecule is CCCNC(=O)[C@H](CC)N(Cc1ccc(F)cc1)C(=O)CCc1ccc(OCC)c(OCC)c1. The van der Waals surface area contributed by atoms with Crippen LogP contribution in [0.3, 0.4) is 0 Å². The zero-order valence-electron chi connectivity index (χ0n) is 20.7. The van der Waals surface area contributed by atoms with Gasteiger partial charge in [-0.25, -0.2) is 4.39 Å². The summed E-state index contributed by atoms with van der Waals surface area (Å²) in [6.45, 7) is 9.54. The van der Waals surface area contributed by atoms with Crippen LogP contribution in [0.1, 0.15) is 58.1 Å². The number of hydrogen-bond acceptors (Lipinski definition) is 4. The molecule has 0 aliphatic rings. The number of carbonyl (C=O) groups is 2. The first-order valence-electron chi connectivity index (χ1n) is 12.1. The molecule has 0 saturated heterocycles. The van der Waals surface area contributed by atoms with Gasteiger partial charge in [-0.05, 0) is 68.5 Å². The number of benzene rings is 2. The average molecular weight is 473 g/mol. The summed E-state index contributed by atoms with van der Waals surface area (Å²) in [5.74, 6) is 0.697. The van der Waals surface area contributed by atoms with Crippen molar-refractivity contribution in [1.82, 2.24) is 10.2 Å². The number of nitrogens with zero attached hydrogens (tertiary/aromatic N) is 1. The molecule has 0 heterocycles. The van der Waals surface area contributed by atoms with Crippen molar-refractivity contribution in [2.75, 3.05) is 19.8 Å². The van der Waals surface area contributed by atoms with E-state index in [0.717, 1.165) is 17.5 Å². The Hall–Kier alpha value is -3.09. The van der Waals surface area contributed by atoms with Crippen molar-refractivity contribution < 1.29 is 23.5 Å². The number of halogens is 1. The third kappa shape index (κ3) is 8.04. The fraction of sp³-hybridized carbons (Fsp3) is 0.481. The predicted octanol–water partition coefficient (Wildman–Crippen LogP) is 4.89. The molecule has 1 atom stereocenters. The van der Waals surface area contributed by atoms with E-state index >= 15 is 0 Å². The highest BCUT2D eigenvalue weighted by Gasteiger charge is 2.28. The van der Waals surface area contributed by atoms with Crippen molar-refractivity contribution in [1.29, 1.82) is 0 Å². The van der Waals surface area contributed by atoms with Gasteiger partial charge in [-0.2, -0.15) is 0 Å². The van der Waals surface area contributed by atoms with Gasteiger partial charge in [-0.15, -0.1) is 0 Å². The summed E-state index contributed by atoms with van der Waals surface area (Å²) >= 11 is 0. The van der Waals surface area contributed by atoms with E-state index in [9.17, 15) is 14.0 Å². The van der Waals surface area contributed by atoms with Gasteiger partial charge in [-0.3, -0.25) is 9.59 Å². The first kappa shape index (κ1) is 27.2. The molecule has 186 valence electrons. The minimum absolute atomic E-state index is 0.130. The lowest BCUT2D eigenvalue weighted by Crippen LogP contribution is -2.49. The number of amides is 2. The van der Waals surface area contributed by atoms with Gasteiger partial charge < -0.3 is 19.7 Å². The lowest BCUT2D eigenvalue weighted by molar-refractivity contribution is -0.141. The number of hydrogen-bond donors (Lipinski definition) is 1. The number of rotatable bonds is 14. The lowest BCUT2D eigenvalue weighted by Gasteiger charge is -2.30. The Labute approximate surface area is 202 Å². The van der Waals surface area contributed by atoms with Gasteiger partial charge in [0.05, 0.1) is 13.2 Å². The molecular formula is C27H37FN2O4. The van der Waals surface area contributed by atoms with Gasteiger partial charge in [-0.1, -0.05) is 32.0 Å². The highest BCUT2D eigenvalue weighted by Crippen LogP contribution is 2.29. The Balaban J connectivity index is 2.20. The second kappa shape index (κ2) is 14.2. The summed E-state index contributed by atoms with van der Waals surface area (Å²) in [5, 5.41) is 2.90. The fourth-order valence-corrected chi connectivity index (χ4v) is 3.72. The average Bonchev–Trinajstić information content (AvgIpc) is 2.84. The van der Waals surface area contributed by atoms with Gasteiger partial charge in [0.15, 0.2) is 11.5 Å². The zero-order valence-corrected chi connectivity index (χ0v) is 20.7. The van der Waals surface area contributed by atoms with E-state index in [0.29, 0.717) is 44.1 Å². The number of aryl methyl sites for hydroxylation is 1. The van der Waals surface area contributed by atoms with Crippen molar-refractivity contribution in [3.63, 3.8) is 0 Å². The monoisotopic (exact) mass is 472 g/mol. The number of ether oxygens (including phenoxy) is 2. The van der Waals surface area contributed by atoms with Gasteiger partial charge in [0.2, 0.25) is 11.8 Å². The van der Waals surface area contributed by atoms with Crippen molar-refractivity contribution >= 4 is 11.8 Å². The van der Waals surface area contributed by atoms with Gasteiger partial charge in [0, 0.05) is 19.5 Å². The van der Waals surface area contributed by atoms with Crippen LogP contribution in [0, 0.1) is 5.82 Å². The third-order valence-corrected chi connectivity index (χ3v) is 5.44. The van der Waals surface area contributed by atoms with Gasteiger partial charge in [0.1, 0.15) is 11.9 Å². The Bertz CT molecular complexity index is 917.